The van der Waals surface area contributed by atoms with Crippen LogP contribution in [0.25, 0.3) is 0 Å². The molecule has 90 valence electrons. The predicted molar refractivity (Wildman–Crippen MR) is 69.9 cm³/mol. The third-order valence-electron chi connectivity index (χ3n) is 2.49. The molecule has 1 atom stereocenters. The van der Waals surface area contributed by atoms with Crippen molar-refractivity contribution in [2.24, 2.45) is 11.7 Å². The van der Waals surface area contributed by atoms with Crippen molar-refractivity contribution in [3.05, 3.63) is 24.6 Å². The molecule has 0 heterocycles. The smallest absolute Gasteiger partial charge is 0.228 e. The van der Waals surface area contributed by atoms with Gasteiger partial charge in [0.1, 0.15) is 0 Å². The minimum atomic E-state index is 0.0611. The zero-order chi connectivity index (χ0) is 12.0. The number of alkyl halides is 1. The summed E-state index contributed by atoms with van der Waals surface area (Å²) in [6, 6.07) is 0. The van der Waals surface area contributed by atoms with E-state index in [-0.39, 0.29) is 11.8 Å². The zero-order valence-electron chi connectivity index (χ0n) is 9.42. The van der Waals surface area contributed by atoms with E-state index < -0.39 is 0 Å². The van der Waals surface area contributed by atoms with Gasteiger partial charge in [-0.25, -0.2) is 0 Å². The molecule has 1 fully saturated rings. The van der Waals surface area contributed by atoms with E-state index in [1.807, 2.05) is 12.2 Å². The van der Waals surface area contributed by atoms with Crippen LogP contribution in [-0.2, 0) is 4.79 Å². The first-order valence-electron chi connectivity index (χ1n) is 5.65. The lowest BCUT2D eigenvalue weighted by Gasteiger charge is -2.07. The summed E-state index contributed by atoms with van der Waals surface area (Å²) in [7, 11) is 0. The van der Waals surface area contributed by atoms with Crippen LogP contribution in [0.2, 0.25) is 0 Å². The monoisotopic (exact) mass is 286 g/mol. The van der Waals surface area contributed by atoms with E-state index in [2.05, 4.69) is 27.8 Å². The van der Waals surface area contributed by atoms with Crippen LogP contribution in [0.5, 0.6) is 0 Å². The molecule has 1 rings (SSSR count). The number of carbonyl (C=O) groups is 1. The molecule has 0 saturated heterocycles. The number of amides is 1. The number of nitrogens with two attached hydrogens (primary N) is 1. The largest absolute Gasteiger partial charge is 0.385 e. The number of carbonyl (C=O) groups excluding carboxylic acids is 1. The van der Waals surface area contributed by atoms with Crippen molar-refractivity contribution in [3.8, 4) is 0 Å². The maximum atomic E-state index is 11.4. The molecule has 4 heteroatoms. The minimum Gasteiger partial charge on any atom is -0.385 e. The van der Waals surface area contributed by atoms with Gasteiger partial charge in [-0.05, 0) is 38.2 Å². The van der Waals surface area contributed by atoms with Crippen LogP contribution in [0.3, 0.4) is 0 Å². The molecule has 1 aliphatic rings. The molecule has 0 aromatic rings. The Labute approximate surface area is 105 Å². The fourth-order valence-electron chi connectivity index (χ4n) is 1.31. The number of nitrogens with one attached hydrogen (secondary N) is 1. The van der Waals surface area contributed by atoms with Crippen molar-refractivity contribution in [1.82, 2.24) is 5.32 Å². The maximum Gasteiger partial charge on any atom is 0.228 e. The summed E-state index contributed by atoms with van der Waals surface area (Å²) in [4.78, 5) is 11.8. The average Bonchev–Trinajstić information content (AvgIpc) is 3.07. The lowest BCUT2D eigenvalue weighted by molar-refractivity contribution is -0.121. The fraction of sp³-hybridized carbons (Fsp3) is 0.583. The first-order chi connectivity index (χ1) is 7.63. The van der Waals surface area contributed by atoms with Gasteiger partial charge in [-0.3, -0.25) is 4.79 Å². The molecular formula is C12H19BrN2O. The van der Waals surface area contributed by atoms with Crippen molar-refractivity contribution >= 4 is 21.8 Å². The minimum absolute atomic E-state index is 0.0611. The van der Waals surface area contributed by atoms with Gasteiger partial charge in [-0.2, -0.15) is 0 Å². The van der Waals surface area contributed by atoms with Crippen LogP contribution < -0.4 is 11.1 Å². The van der Waals surface area contributed by atoms with Gasteiger partial charge >= 0.3 is 0 Å². The SMILES string of the molecule is C=CCCC(Br)C/C=C(\N)NC(=O)C1CC1. The van der Waals surface area contributed by atoms with E-state index in [0.29, 0.717) is 10.6 Å². The molecule has 0 aromatic carbocycles. The molecule has 3 N–H and O–H groups in total. The molecule has 0 aliphatic heterocycles. The van der Waals surface area contributed by atoms with E-state index in [1.165, 1.54) is 0 Å². The van der Waals surface area contributed by atoms with E-state index in [0.717, 1.165) is 32.1 Å². The molecular weight excluding hydrogens is 268 g/mol. The normalized spacial score (nSPS) is 17.9. The molecule has 16 heavy (non-hydrogen) atoms. The molecule has 0 aromatic heterocycles. The molecule has 3 nitrogen and oxygen atoms in total. The number of hydrogen-bond donors (Lipinski definition) is 2. The van der Waals surface area contributed by atoms with Crippen molar-refractivity contribution in [1.29, 1.82) is 0 Å². The van der Waals surface area contributed by atoms with Crippen LogP contribution in [0.1, 0.15) is 32.1 Å². The highest BCUT2D eigenvalue weighted by Crippen LogP contribution is 2.28. The molecule has 0 bridgehead atoms. The number of hydrogen-bond acceptors (Lipinski definition) is 2. The summed E-state index contributed by atoms with van der Waals surface area (Å²) in [6.45, 7) is 3.68. The van der Waals surface area contributed by atoms with Gasteiger partial charge < -0.3 is 11.1 Å². The summed E-state index contributed by atoms with van der Waals surface area (Å²) >= 11 is 3.55. The summed E-state index contributed by atoms with van der Waals surface area (Å²) in [5.74, 6) is 0.735. The van der Waals surface area contributed by atoms with Crippen LogP contribution in [0.15, 0.2) is 24.6 Å². The van der Waals surface area contributed by atoms with E-state index in [4.69, 9.17) is 5.73 Å². The van der Waals surface area contributed by atoms with Gasteiger partial charge in [0.05, 0.1) is 5.82 Å². The van der Waals surface area contributed by atoms with Gasteiger partial charge in [-0.1, -0.05) is 22.0 Å². The van der Waals surface area contributed by atoms with Crippen molar-refractivity contribution < 1.29 is 4.79 Å². The summed E-state index contributed by atoms with van der Waals surface area (Å²) in [5.41, 5.74) is 5.71. The number of halogens is 1. The Morgan fingerprint density at radius 3 is 2.88 bits per heavy atom. The van der Waals surface area contributed by atoms with E-state index in [9.17, 15) is 4.79 Å². The fourth-order valence-corrected chi connectivity index (χ4v) is 1.76. The molecule has 1 saturated carbocycles. The Morgan fingerprint density at radius 1 is 1.62 bits per heavy atom. The van der Waals surface area contributed by atoms with Crippen LogP contribution >= 0.6 is 15.9 Å². The Bertz CT molecular complexity index is 285. The number of allylic oxidation sites excluding steroid dienone is 2. The van der Waals surface area contributed by atoms with E-state index >= 15 is 0 Å². The van der Waals surface area contributed by atoms with Crippen molar-refractivity contribution in [3.63, 3.8) is 0 Å². The van der Waals surface area contributed by atoms with Crippen LogP contribution in [0.4, 0.5) is 0 Å². The topological polar surface area (TPSA) is 55.1 Å². The average molecular weight is 287 g/mol. The zero-order valence-corrected chi connectivity index (χ0v) is 11.0. The highest BCUT2D eigenvalue weighted by Gasteiger charge is 2.29. The standard InChI is InChI=1S/C12H19BrN2O/c1-2-3-4-10(13)7-8-11(14)15-12(16)9-5-6-9/h2,8-10H,1,3-7,14H2,(H,15,16)/b11-8+. The molecule has 1 aliphatic carbocycles. The maximum absolute atomic E-state index is 11.4. The summed E-state index contributed by atoms with van der Waals surface area (Å²) < 4.78 is 0. The van der Waals surface area contributed by atoms with Gasteiger partial charge in [-0.15, -0.1) is 6.58 Å². The molecule has 0 radical (unpaired) electrons. The molecule has 0 spiro atoms. The van der Waals surface area contributed by atoms with Gasteiger partial charge in [0.2, 0.25) is 5.91 Å². The van der Waals surface area contributed by atoms with Crippen molar-refractivity contribution in [2.45, 2.75) is 36.9 Å². The lowest BCUT2D eigenvalue weighted by atomic mass is 10.2. The third kappa shape index (κ3) is 5.35. The second kappa shape index (κ2) is 6.74. The molecule has 1 amide bonds. The van der Waals surface area contributed by atoms with Gasteiger partial charge in [0, 0.05) is 10.7 Å². The Morgan fingerprint density at radius 2 is 2.31 bits per heavy atom. The number of rotatable bonds is 7. The quantitative estimate of drug-likeness (QED) is 0.558. The van der Waals surface area contributed by atoms with Gasteiger partial charge in [0.25, 0.3) is 0 Å². The Kier molecular flexibility index (Phi) is 5.60. The van der Waals surface area contributed by atoms with Crippen LogP contribution in [-0.4, -0.2) is 10.7 Å². The Hall–Kier alpha value is -0.770. The van der Waals surface area contributed by atoms with E-state index in [1.54, 1.807) is 0 Å². The highest BCUT2D eigenvalue weighted by atomic mass is 79.9. The Balaban J connectivity index is 2.20. The highest BCUT2D eigenvalue weighted by molar-refractivity contribution is 9.09. The van der Waals surface area contributed by atoms with Gasteiger partial charge in [0.15, 0.2) is 0 Å². The molecule has 1 unspecified atom stereocenters. The van der Waals surface area contributed by atoms with Crippen molar-refractivity contribution in [2.75, 3.05) is 0 Å². The summed E-state index contributed by atoms with van der Waals surface area (Å²) in [5, 5.41) is 2.71. The second-order valence-electron chi connectivity index (χ2n) is 4.12. The first-order valence-corrected chi connectivity index (χ1v) is 6.56. The first kappa shape index (κ1) is 13.3. The third-order valence-corrected chi connectivity index (χ3v) is 3.32. The lowest BCUT2D eigenvalue weighted by Crippen LogP contribution is -2.28. The summed E-state index contributed by atoms with van der Waals surface area (Å²) in [6.07, 6.45) is 8.60. The van der Waals surface area contributed by atoms with Crippen LogP contribution in [0, 0.1) is 5.92 Å². The predicted octanol–water partition coefficient (Wildman–Crippen LogP) is 2.43. The second-order valence-corrected chi connectivity index (χ2v) is 5.42.